The minimum absolute atomic E-state index is 0.132. The van der Waals surface area contributed by atoms with Gasteiger partial charge in [0.1, 0.15) is 23.7 Å². The van der Waals surface area contributed by atoms with Crippen LogP contribution in [0, 0.1) is 11.6 Å². The molecule has 0 saturated heterocycles. The van der Waals surface area contributed by atoms with Crippen molar-refractivity contribution < 1.29 is 27.9 Å². The first kappa shape index (κ1) is 22.0. The largest absolute Gasteiger partial charge is 0.464 e. The summed E-state index contributed by atoms with van der Waals surface area (Å²) >= 11 is 0. The molecule has 0 aliphatic rings. The number of carbonyl (C=O) groups is 3. The average Bonchev–Trinajstić information content (AvgIpc) is 2.66. The smallest absolute Gasteiger partial charge is 0.328 e. The Morgan fingerprint density at radius 1 is 1.00 bits per heavy atom. The quantitative estimate of drug-likeness (QED) is 0.662. The van der Waals surface area contributed by atoms with Crippen molar-refractivity contribution in [3.63, 3.8) is 0 Å². The van der Waals surface area contributed by atoms with Gasteiger partial charge < -0.3 is 15.4 Å². The Balaban J connectivity index is 2.14. The zero-order valence-electron chi connectivity index (χ0n) is 16.1. The molecular formula is C21H22F2N2O4. The summed E-state index contributed by atoms with van der Waals surface area (Å²) in [6.45, 7) is 3.28. The fourth-order valence-corrected chi connectivity index (χ4v) is 2.68. The summed E-state index contributed by atoms with van der Waals surface area (Å²) in [5.74, 6) is -3.42. The van der Waals surface area contributed by atoms with Gasteiger partial charge in [-0.15, -0.1) is 0 Å². The third kappa shape index (κ3) is 6.67. The normalized spacial score (nSPS) is 12.6. The van der Waals surface area contributed by atoms with Crippen LogP contribution >= 0.6 is 0 Å². The Hall–Kier alpha value is -3.29. The zero-order valence-corrected chi connectivity index (χ0v) is 16.1. The van der Waals surface area contributed by atoms with E-state index in [2.05, 4.69) is 10.6 Å². The van der Waals surface area contributed by atoms with Crippen molar-refractivity contribution in [3.8, 4) is 0 Å². The van der Waals surface area contributed by atoms with Crippen molar-refractivity contribution in [1.82, 2.24) is 10.6 Å². The lowest BCUT2D eigenvalue weighted by molar-refractivity contribution is -0.147. The van der Waals surface area contributed by atoms with Gasteiger partial charge in [-0.3, -0.25) is 9.59 Å². The van der Waals surface area contributed by atoms with E-state index in [1.165, 1.54) is 6.92 Å². The van der Waals surface area contributed by atoms with Crippen LogP contribution in [-0.4, -0.2) is 30.4 Å². The highest BCUT2D eigenvalue weighted by atomic mass is 19.1. The molecule has 0 fully saturated rings. The van der Waals surface area contributed by atoms with E-state index < -0.39 is 41.5 Å². The van der Waals surface area contributed by atoms with E-state index >= 15 is 0 Å². The topological polar surface area (TPSA) is 84.5 Å². The van der Waals surface area contributed by atoms with Gasteiger partial charge in [0.05, 0.1) is 13.0 Å². The van der Waals surface area contributed by atoms with Gasteiger partial charge >= 0.3 is 5.97 Å². The predicted octanol–water partition coefficient (Wildman–Crippen LogP) is 2.43. The lowest BCUT2D eigenvalue weighted by atomic mass is 10.0. The minimum Gasteiger partial charge on any atom is -0.464 e. The summed E-state index contributed by atoms with van der Waals surface area (Å²) in [6.07, 6.45) is -0.321. The van der Waals surface area contributed by atoms with Crippen molar-refractivity contribution >= 4 is 17.8 Å². The number of amides is 2. The van der Waals surface area contributed by atoms with Crippen LogP contribution in [0.3, 0.4) is 0 Å². The standard InChI is InChI=1S/C21H22F2N2O4/c1-3-29-21(28)13(2)24-20(27)19(15-7-5-4-6-8-15)25-18(26)11-14-9-16(22)12-17(23)10-14/h4-10,12-13,19H,3,11H2,1-2H3,(H,24,27)(H,25,26)/t13-,19-/m0/s1. The van der Waals surface area contributed by atoms with Crippen LogP contribution in [0.2, 0.25) is 0 Å². The van der Waals surface area contributed by atoms with Gasteiger partial charge in [-0.2, -0.15) is 0 Å². The maximum Gasteiger partial charge on any atom is 0.328 e. The molecule has 6 nitrogen and oxygen atoms in total. The highest BCUT2D eigenvalue weighted by Crippen LogP contribution is 2.15. The monoisotopic (exact) mass is 404 g/mol. The Bertz CT molecular complexity index is 854. The number of halogens is 2. The number of esters is 1. The highest BCUT2D eigenvalue weighted by molar-refractivity contribution is 5.91. The average molecular weight is 404 g/mol. The second kappa shape index (κ2) is 10.3. The molecule has 8 heteroatoms. The van der Waals surface area contributed by atoms with Crippen molar-refractivity contribution in [1.29, 1.82) is 0 Å². The molecule has 2 aromatic rings. The zero-order chi connectivity index (χ0) is 21.4. The number of rotatable bonds is 8. The van der Waals surface area contributed by atoms with Gasteiger partial charge in [-0.05, 0) is 37.1 Å². The minimum atomic E-state index is -1.10. The highest BCUT2D eigenvalue weighted by Gasteiger charge is 2.26. The van der Waals surface area contributed by atoms with E-state index in [0.717, 1.165) is 12.1 Å². The maximum absolute atomic E-state index is 13.3. The number of nitrogens with one attached hydrogen (secondary N) is 2. The van der Waals surface area contributed by atoms with Crippen LogP contribution in [0.5, 0.6) is 0 Å². The first-order valence-electron chi connectivity index (χ1n) is 9.06. The molecule has 2 amide bonds. The molecule has 0 bridgehead atoms. The molecule has 0 heterocycles. The van der Waals surface area contributed by atoms with Gasteiger partial charge in [0.15, 0.2) is 0 Å². The summed E-state index contributed by atoms with van der Waals surface area (Å²) in [6, 6.07) is 9.20. The van der Waals surface area contributed by atoms with Crippen LogP contribution in [0.25, 0.3) is 0 Å². The van der Waals surface area contributed by atoms with Crippen molar-refractivity contribution in [2.45, 2.75) is 32.4 Å². The summed E-state index contributed by atoms with van der Waals surface area (Å²) in [7, 11) is 0. The number of ether oxygens (including phenoxy) is 1. The molecule has 2 N–H and O–H groups in total. The third-order valence-corrected chi connectivity index (χ3v) is 3.99. The molecule has 2 atom stereocenters. The van der Waals surface area contributed by atoms with Gasteiger partial charge in [0.2, 0.25) is 11.8 Å². The van der Waals surface area contributed by atoms with E-state index in [0.29, 0.717) is 11.6 Å². The SMILES string of the molecule is CCOC(=O)[C@H](C)NC(=O)[C@@H](NC(=O)Cc1cc(F)cc(F)c1)c1ccccc1. The van der Waals surface area contributed by atoms with E-state index in [-0.39, 0.29) is 18.6 Å². The molecule has 29 heavy (non-hydrogen) atoms. The second-order valence-electron chi connectivity index (χ2n) is 6.35. The van der Waals surface area contributed by atoms with E-state index in [1.54, 1.807) is 37.3 Å². The third-order valence-electron chi connectivity index (χ3n) is 3.99. The van der Waals surface area contributed by atoms with Crippen LogP contribution in [0.1, 0.15) is 31.0 Å². The van der Waals surface area contributed by atoms with Crippen molar-refractivity contribution in [2.75, 3.05) is 6.61 Å². The molecule has 0 unspecified atom stereocenters. The molecule has 154 valence electrons. The summed E-state index contributed by atoms with van der Waals surface area (Å²) in [4.78, 5) is 36.9. The number of carbonyl (C=O) groups excluding carboxylic acids is 3. The number of benzene rings is 2. The molecule has 0 aromatic heterocycles. The first-order chi connectivity index (χ1) is 13.8. The second-order valence-corrected chi connectivity index (χ2v) is 6.35. The van der Waals surface area contributed by atoms with Crippen LogP contribution in [0.15, 0.2) is 48.5 Å². The molecule has 2 rings (SSSR count). The maximum atomic E-state index is 13.3. The Labute approximate surface area is 167 Å². The van der Waals surface area contributed by atoms with Crippen LogP contribution < -0.4 is 10.6 Å². The van der Waals surface area contributed by atoms with E-state index in [4.69, 9.17) is 4.74 Å². The Morgan fingerprint density at radius 3 is 2.21 bits per heavy atom. The molecule has 0 saturated carbocycles. The van der Waals surface area contributed by atoms with E-state index in [9.17, 15) is 23.2 Å². The Kier molecular flexibility index (Phi) is 7.82. The summed E-state index contributed by atoms with van der Waals surface area (Å²) < 4.78 is 31.5. The number of hydrogen-bond acceptors (Lipinski definition) is 4. The summed E-state index contributed by atoms with van der Waals surface area (Å²) in [5, 5.41) is 5.05. The molecule has 0 radical (unpaired) electrons. The molecular weight excluding hydrogens is 382 g/mol. The summed E-state index contributed by atoms with van der Waals surface area (Å²) in [5.41, 5.74) is 0.618. The van der Waals surface area contributed by atoms with Gasteiger partial charge in [0.25, 0.3) is 0 Å². The fourth-order valence-electron chi connectivity index (χ4n) is 2.68. The van der Waals surface area contributed by atoms with Crippen LogP contribution in [-0.2, 0) is 25.5 Å². The Morgan fingerprint density at radius 2 is 1.62 bits per heavy atom. The van der Waals surface area contributed by atoms with Gasteiger partial charge in [-0.1, -0.05) is 30.3 Å². The van der Waals surface area contributed by atoms with Crippen LogP contribution in [0.4, 0.5) is 8.78 Å². The fraction of sp³-hybridized carbons (Fsp3) is 0.286. The molecule has 2 aromatic carbocycles. The van der Waals surface area contributed by atoms with Crippen molar-refractivity contribution in [2.24, 2.45) is 0 Å². The lowest BCUT2D eigenvalue weighted by Crippen LogP contribution is -2.46. The number of hydrogen-bond donors (Lipinski definition) is 2. The van der Waals surface area contributed by atoms with E-state index in [1.807, 2.05) is 0 Å². The predicted molar refractivity (Wildman–Crippen MR) is 102 cm³/mol. The molecule has 0 spiro atoms. The first-order valence-corrected chi connectivity index (χ1v) is 9.06. The van der Waals surface area contributed by atoms with Crippen molar-refractivity contribution in [3.05, 3.63) is 71.3 Å². The van der Waals surface area contributed by atoms with Gasteiger partial charge in [0, 0.05) is 6.07 Å². The lowest BCUT2D eigenvalue weighted by Gasteiger charge is -2.21. The molecule has 0 aliphatic carbocycles. The molecule has 0 aliphatic heterocycles. The van der Waals surface area contributed by atoms with Gasteiger partial charge in [-0.25, -0.2) is 13.6 Å².